The minimum Gasteiger partial charge on any atom is -0.398 e. The molecule has 0 saturated carbocycles. The van der Waals surface area contributed by atoms with Gasteiger partial charge < -0.3 is 10.6 Å². The Kier molecular flexibility index (Phi) is 4.74. The zero-order valence-electron chi connectivity index (χ0n) is 11.5. The molecule has 0 aliphatic heterocycles. The summed E-state index contributed by atoms with van der Waals surface area (Å²) in [7, 11) is 0. The van der Waals surface area contributed by atoms with Crippen LogP contribution in [0.25, 0.3) is 0 Å². The molecule has 0 amide bonds. The molecule has 0 aliphatic carbocycles. The Morgan fingerprint density at radius 2 is 2.05 bits per heavy atom. The maximum atomic E-state index is 6.02. The van der Waals surface area contributed by atoms with E-state index in [9.17, 15) is 0 Å². The quantitative estimate of drug-likeness (QED) is 0.824. The Morgan fingerprint density at radius 1 is 1.26 bits per heavy atom. The third kappa shape index (κ3) is 3.44. The van der Waals surface area contributed by atoms with Gasteiger partial charge in [0.1, 0.15) is 5.82 Å². The van der Waals surface area contributed by atoms with Gasteiger partial charge in [-0.25, -0.2) is 4.98 Å². The highest BCUT2D eigenvalue weighted by molar-refractivity contribution is 7.09. The first-order valence-electron chi connectivity index (χ1n) is 6.65. The summed E-state index contributed by atoms with van der Waals surface area (Å²) in [5.74, 6) is 0.919. The van der Waals surface area contributed by atoms with Crippen LogP contribution in [0.4, 0.5) is 10.8 Å². The molecular weight excluding hydrogens is 256 g/mol. The topological polar surface area (TPSA) is 55.0 Å². The highest BCUT2D eigenvalue weighted by atomic mass is 32.1. The molecule has 4 nitrogen and oxygen atoms in total. The van der Waals surface area contributed by atoms with Crippen LogP contribution >= 0.6 is 11.5 Å². The monoisotopic (exact) mass is 276 g/mol. The number of anilines is 2. The predicted molar refractivity (Wildman–Crippen MR) is 81.5 cm³/mol. The van der Waals surface area contributed by atoms with E-state index in [1.807, 2.05) is 18.2 Å². The predicted octanol–water partition coefficient (Wildman–Crippen LogP) is 3.10. The lowest BCUT2D eigenvalue weighted by Gasteiger charge is -2.21. The van der Waals surface area contributed by atoms with Crippen molar-refractivity contribution in [3.63, 3.8) is 0 Å². The lowest BCUT2D eigenvalue weighted by molar-refractivity contribution is 0.762. The molecule has 0 spiro atoms. The number of para-hydroxylation sites is 1. The standard InChI is InChI=1S/C14H20N4S/c1-3-9-18(14-16-13(4-2)17-19-14)10-11-7-5-6-8-12(11)15/h5-8H,3-4,9-10,15H2,1-2H3. The molecule has 0 unspecified atom stereocenters. The Balaban J connectivity index is 2.18. The SMILES string of the molecule is CCCN(Cc1ccccc1N)c1nc(CC)ns1. The fraction of sp³-hybridized carbons (Fsp3) is 0.429. The molecule has 2 aromatic rings. The molecule has 0 radical (unpaired) electrons. The minimum atomic E-state index is 0.791. The van der Waals surface area contributed by atoms with Crippen molar-refractivity contribution < 1.29 is 0 Å². The van der Waals surface area contributed by atoms with Crippen molar-refractivity contribution in [2.75, 3.05) is 17.2 Å². The Morgan fingerprint density at radius 3 is 2.68 bits per heavy atom. The van der Waals surface area contributed by atoms with E-state index in [1.165, 1.54) is 11.5 Å². The second-order valence-electron chi connectivity index (χ2n) is 4.47. The molecule has 5 heteroatoms. The van der Waals surface area contributed by atoms with Crippen molar-refractivity contribution in [3.8, 4) is 0 Å². The molecule has 0 aliphatic rings. The van der Waals surface area contributed by atoms with E-state index in [0.29, 0.717) is 0 Å². The van der Waals surface area contributed by atoms with Gasteiger partial charge >= 0.3 is 0 Å². The summed E-state index contributed by atoms with van der Waals surface area (Å²) in [6.07, 6.45) is 1.96. The van der Waals surface area contributed by atoms with Gasteiger partial charge in [0.2, 0.25) is 5.13 Å². The number of rotatable bonds is 6. The molecule has 2 rings (SSSR count). The average Bonchev–Trinajstić information content (AvgIpc) is 2.89. The fourth-order valence-corrected chi connectivity index (χ4v) is 2.69. The van der Waals surface area contributed by atoms with Crippen molar-refractivity contribution >= 4 is 22.4 Å². The van der Waals surface area contributed by atoms with Crippen LogP contribution in [0.15, 0.2) is 24.3 Å². The highest BCUT2D eigenvalue weighted by Crippen LogP contribution is 2.22. The smallest absolute Gasteiger partial charge is 0.205 e. The van der Waals surface area contributed by atoms with Crippen LogP contribution < -0.4 is 10.6 Å². The van der Waals surface area contributed by atoms with Gasteiger partial charge in [-0.1, -0.05) is 32.0 Å². The first-order chi connectivity index (χ1) is 9.24. The van der Waals surface area contributed by atoms with Crippen molar-refractivity contribution in [3.05, 3.63) is 35.7 Å². The number of hydrogen-bond donors (Lipinski definition) is 1. The number of aryl methyl sites for hydroxylation is 1. The zero-order chi connectivity index (χ0) is 13.7. The largest absolute Gasteiger partial charge is 0.398 e. The van der Waals surface area contributed by atoms with Crippen LogP contribution in [0.3, 0.4) is 0 Å². The van der Waals surface area contributed by atoms with Crippen LogP contribution in [0, 0.1) is 0 Å². The lowest BCUT2D eigenvalue weighted by atomic mass is 10.1. The Hall–Kier alpha value is -1.62. The van der Waals surface area contributed by atoms with Gasteiger partial charge in [0.15, 0.2) is 0 Å². The van der Waals surface area contributed by atoms with Crippen molar-refractivity contribution in [2.24, 2.45) is 0 Å². The number of benzene rings is 1. The van der Waals surface area contributed by atoms with Crippen LogP contribution in [0.1, 0.15) is 31.7 Å². The molecule has 2 N–H and O–H groups in total. The van der Waals surface area contributed by atoms with Gasteiger partial charge in [-0.2, -0.15) is 4.37 Å². The van der Waals surface area contributed by atoms with Crippen LogP contribution in [-0.4, -0.2) is 15.9 Å². The molecule has 1 heterocycles. The molecule has 1 aromatic carbocycles. The van der Waals surface area contributed by atoms with Gasteiger partial charge in [-0.15, -0.1) is 0 Å². The van der Waals surface area contributed by atoms with Crippen molar-refractivity contribution in [1.82, 2.24) is 9.36 Å². The highest BCUT2D eigenvalue weighted by Gasteiger charge is 2.13. The van der Waals surface area contributed by atoms with Crippen LogP contribution in [0.2, 0.25) is 0 Å². The maximum Gasteiger partial charge on any atom is 0.205 e. The molecular formula is C14H20N4S. The number of nitrogen functional groups attached to an aromatic ring is 1. The number of hydrogen-bond acceptors (Lipinski definition) is 5. The summed E-state index contributed by atoms with van der Waals surface area (Å²) >= 11 is 1.47. The van der Waals surface area contributed by atoms with E-state index in [-0.39, 0.29) is 0 Å². The van der Waals surface area contributed by atoms with Crippen molar-refractivity contribution in [2.45, 2.75) is 33.2 Å². The van der Waals surface area contributed by atoms with E-state index < -0.39 is 0 Å². The molecule has 0 saturated heterocycles. The maximum absolute atomic E-state index is 6.02. The second-order valence-corrected chi connectivity index (χ2v) is 5.20. The third-order valence-electron chi connectivity index (χ3n) is 2.95. The first kappa shape index (κ1) is 13.8. The summed E-state index contributed by atoms with van der Waals surface area (Å²) in [6, 6.07) is 7.99. The molecule has 0 atom stereocenters. The Labute approximate surface area is 118 Å². The van der Waals surface area contributed by atoms with Gasteiger partial charge in [0.25, 0.3) is 0 Å². The first-order valence-corrected chi connectivity index (χ1v) is 7.42. The van der Waals surface area contributed by atoms with Crippen LogP contribution in [-0.2, 0) is 13.0 Å². The van der Waals surface area contributed by atoms with Gasteiger partial charge in [0, 0.05) is 36.7 Å². The summed E-state index contributed by atoms with van der Waals surface area (Å²) in [5.41, 5.74) is 7.99. The average molecular weight is 276 g/mol. The number of nitrogens with zero attached hydrogens (tertiary/aromatic N) is 3. The summed E-state index contributed by atoms with van der Waals surface area (Å²) < 4.78 is 4.36. The third-order valence-corrected chi connectivity index (χ3v) is 3.77. The molecule has 102 valence electrons. The molecule has 19 heavy (non-hydrogen) atoms. The summed E-state index contributed by atoms with van der Waals surface area (Å²) in [5, 5.41) is 0.988. The zero-order valence-corrected chi connectivity index (χ0v) is 12.3. The minimum absolute atomic E-state index is 0.791. The van der Waals surface area contributed by atoms with E-state index >= 15 is 0 Å². The molecule has 1 aromatic heterocycles. The van der Waals surface area contributed by atoms with E-state index in [1.54, 1.807) is 0 Å². The lowest BCUT2D eigenvalue weighted by Crippen LogP contribution is -2.23. The fourth-order valence-electron chi connectivity index (χ4n) is 1.91. The van der Waals surface area contributed by atoms with E-state index in [2.05, 4.69) is 34.2 Å². The normalized spacial score (nSPS) is 10.6. The van der Waals surface area contributed by atoms with Gasteiger partial charge in [-0.3, -0.25) is 0 Å². The summed E-state index contributed by atoms with van der Waals surface area (Å²) in [4.78, 5) is 6.82. The number of nitrogens with two attached hydrogens (primary N) is 1. The van der Waals surface area contributed by atoms with Gasteiger partial charge in [0.05, 0.1) is 0 Å². The molecule has 0 bridgehead atoms. The van der Waals surface area contributed by atoms with Gasteiger partial charge in [-0.05, 0) is 18.1 Å². The molecule has 0 fully saturated rings. The van der Waals surface area contributed by atoms with Crippen LogP contribution in [0.5, 0.6) is 0 Å². The van der Waals surface area contributed by atoms with E-state index in [0.717, 1.165) is 48.1 Å². The second kappa shape index (κ2) is 6.52. The van der Waals surface area contributed by atoms with E-state index in [4.69, 9.17) is 5.73 Å². The summed E-state index contributed by atoms with van der Waals surface area (Å²) in [6.45, 7) is 6.00. The number of aromatic nitrogens is 2. The Bertz CT molecular complexity index is 524. The van der Waals surface area contributed by atoms with Crippen molar-refractivity contribution in [1.29, 1.82) is 0 Å².